The first-order valence-corrected chi connectivity index (χ1v) is 6.53. The lowest BCUT2D eigenvalue weighted by atomic mass is 10.2. The molecule has 1 aliphatic rings. The predicted molar refractivity (Wildman–Crippen MR) is 70.4 cm³/mol. The molecule has 0 bridgehead atoms. The van der Waals surface area contributed by atoms with Crippen molar-refractivity contribution in [3.8, 4) is 0 Å². The first-order chi connectivity index (χ1) is 9.10. The minimum Gasteiger partial charge on any atom is -0.387 e. The van der Waals surface area contributed by atoms with Crippen LogP contribution in [0.3, 0.4) is 0 Å². The van der Waals surface area contributed by atoms with Gasteiger partial charge >= 0.3 is 0 Å². The van der Waals surface area contributed by atoms with Crippen molar-refractivity contribution in [2.24, 2.45) is 0 Å². The average molecular weight is 287 g/mol. The molecule has 1 N–H and O–H groups in total. The zero-order valence-corrected chi connectivity index (χ0v) is 11.2. The molecule has 1 heterocycles. The highest BCUT2D eigenvalue weighted by Crippen LogP contribution is 2.17. The Morgan fingerprint density at radius 2 is 2.00 bits per heavy atom. The number of carbonyl (C=O) groups is 1. The summed E-state index contributed by atoms with van der Waals surface area (Å²) in [5.41, 5.74) is 0.603. The van der Waals surface area contributed by atoms with Gasteiger partial charge in [0.2, 0.25) is 5.91 Å². The number of rotatable bonds is 3. The summed E-state index contributed by atoms with van der Waals surface area (Å²) in [6.07, 6.45) is 0. The van der Waals surface area contributed by atoms with E-state index in [1.807, 2.05) is 0 Å². The van der Waals surface area contributed by atoms with Crippen molar-refractivity contribution in [2.75, 3.05) is 32.8 Å². The number of aliphatic hydroxyl groups excluding tert-OH is 1. The maximum absolute atomic E-state index is 13.7. The van der Waals surface area contributed by atoms with Crippen LogP contribution in [0.25, 0.3) is 0 Å². The minimum absolute atomic E-state index is 0.252. The van der Waals surface area contributed by atoms with Crippen LogP contribution in [0.4, 0.5) is 4.39 Å². The number of aliphatic hydroxyl groups is 1. The van der Waals surface area contributed by atoms with Gasteiger partial charge in [-0.2, -0.15) is 0 Å². The lowest BCUT2D eigenvalue weighted by molar-refractivity contribution is -0.136. The Labute approximate surface area is 116 Å². The maximum Gasteiger partial charge on any atom is 0.248 e. The summed E-state index contributed by atoms with van der Waals surface area (Å²) in [5.74, 6) is -0.557. The van der Waals surface area contributed by atoms with Gasteiger partial charge in [-0.05, 0) is 12.1 Å². The molecule has 19 heavy (non-hydrogen) atoms. The van der Waals surface area contributed by atoms with Crippen LogP contribution in [-0.2, 0) is 11.3 Å². The average Bonchev–Trinajstić information content (AvgIpc) is 2.42. The number of benzene rings is 1. The molecule has 1 fully saturated rings. The Kier molecular flexibility index (Phi) is 4.74. The second kappa shape index (κ2) is 6.32. The number of hydrogen-bond acceptors (Lipinski definition) is 3. The fourth-order valence-electron chi connectivity index (χ4n) is 2.15. The topological polar surface area (TPSA) is 43.8 Å². The molecule has 104 valence electrons. The molecule has 0 spiro atoms. The molecule has 2 rings (SSSR count). The smallest absolute Gasteiger partial charge is 0.248 e. The van der Waals surface area contributed by atoms with Crippen LogP contribution in [0.1, 0.15) is 5.56 Å². The third-order valence-corrected chi connectivity index (χ3v) is 3.50. The van der Waals surface area contributed by atoms with Crippen molar-refractivity contribution < 1.29 is 14.3 Å². The van der Waals surface area contributed by atoms with E-state index < -0.39 is 6.61 Å². The van der Waals surface area contributed by atoms with E-state index in [0.29, 0.717) is 43.3 Å². The number of amides is 1. The first-order valence-electron chi connectivity index (χ1n) is 6.15. The number of hydrogen-bond donors (Lipinski definition) is 1. The number of nitrogens with zero attached hydrogens (tertiary/aromatic N) is 2. The summed E-state index contributed by atoms with van der Waals surface area (Å²) in [5, 5.41) is 9.17. The molecule has 0 aromatic heterocycles. The molecule has 0 saturated carbocycles. The number of halogens is 2. The molecule has 1 aromatic carbocycles. The maximum atomic E-state index is 13.7. The van der Waals surface area contributed by atoms with Crippen molar-refractivity contribution in [3.63, 3.8) is 0 Å². The molecule has 0 unspecified atom stereocenters. The van der Waals surface area contributed by atoms with Crippen molar-refractivity contribution in [2.45, 2.75) is 6.54 Å². The highest BCUT2D eigenvalue weighted by molar-refractivity contribution is 6.30. The van der Waals surface area contributed by atoms with Crippen LogP contribution in [-0.4, -0.2) is 53.6 Å². The molecule has 1 aliphatic heterocycles. The highest BCUT2D eigenvalue weighted by atomic mass is 35.5. The molecule has 0 aliphatic carbocycles. The van der Waals surface area contributed by atoms with Crippen LogP contribution in [0.15, 0.2) is 18.2 Å². The monoisotopic (exact) mass is 286 g/mol. The summed E-state index contributed by atoms with van der Waals surface area (Å²) in [6.45, 7) is 2.53. The zero-order chi connectivity index (χ0) is 13.8. The quantitative estimate of drug-likeness (QED) is 0.905. The summed E-state index contributed by atoms with van der Waals surface area (Å²) >= 11 is 5.71. The largest absolute Gasteiger partial charge is 0.387 e. The molecular weight excluding hydrogens is 271 g/mol. The Hall–Kier alpha value is -1.17. The Morgan fingerprint density at radius 3 is 2.58 bits per heavy atom. The molecule has 1 amide bonds. The Morgan fingerprint density at radius 1 is 1.32 bits per heavy atom. The van der Waals surface area contributed by atoms with Gasteiger partial charge in [0.1, 0.15) is 12.4 Å². The van der Waals surface area contributed by atoms with Gasteiger partial charge in [0.25, 0.3) is 0 Å². The normalized spacial score (nSPS) is 16.7. The third kappa shape index (κ3) is 3.65. The van der Waals surface area contributed by atoms with E-state index in [4.69, 9.17) is 16.7 Å². The lowest BCUT2D eigenvalue weighted by Crippen LogP contribution is -2.49. The molecule has 1 aromatic rings. The van der Waals surface area contributed by atoms with Crippen LogP contribution in [0, 0.1) is 5.82 Å². The summed E-state index contributed by atoms with van der Waals surface area (Å²) in [7, 11) is 0. The second-order valence-electron chi connectivity index (χ2n) is 4.55. The van der Waals surface area contributed by atoms with Crippen molar-refractivity contribution >= 4 is 17.5 Å². The molecule has 4 nitrogen and oxygen atoms in total. The van der Waals surface area contributed by atoms with E-state index in [1.54, 1.807) is 17.0 Å². The fraction of sp³-hybridized carbons (Fsp3) is 0.462. The van der Waals surface area contributed by atoms with Gasteiger partial charge in [0, 0.05) is 43.3 Å². The standard InChI is InChI=1S/C13H16ClFN2O2/c14-11-2-1-10(12(15)7-11)8-16-3-5-17(6-4-16)13(19)9-18/h1-2,7,18H,3-6,8-9H2. The summed E-state index contributed by atoms with van der Waals surface area (Å²) in [6, 6.07) is 4.66. The summed E-state index contributed by atoms with van der Waals surface area (Å²) in [4.78, 5) is 15.0. The van der Waals surface area contributed by atoms with Gasteiger partial charge in [-0.3, -0.25) is 9.69 Å². The van der Waals surface area contributed by atoms with Gasteiger partial charge in [0.15, 0.2) is 0 Å². The van der Waals surface area contributed by atoms with Crippen LogP contribution < -0.4 is 0 Å². The molecule has 0 radical (unpaired) electrons. The fourth-order valence-corrected chi connectivity index (χ4v) is 2.30. The van der Waals surface area contributed by atoms with E-state index in [0.717, 1.165) is 0 Å². The molecular formula is C13H16ClFN2O2. The van der Waals surface area contributed by atoms with E-state index in [-0.39, 0.29) is 11.7 Å². The molecule has 6 heteroatoms. The zero-order valence-electron chi connectivity index (χ0n) is 10.5. The first kappa shape index (κ1) is 14.2. The molecule has 1 saturated heterocycles. The number of carbonyl (C=O) groups excluding carboxylic acids is 1. The van der Waals surface area contributed by atoms with E-state index >= 15 is 0 Å². The van der Waals surface area contributed by atoms with Gasteiger partial charge < -0.3 is 10.0 Å². The summed E-state index contributed by atoms with van der Waals surface area (Å²) < 4.78 is 13.7. The number of piperazine rings is 1. The third-order valence-electron chi connectivity index (χ3n) is 3.27. The van der Waals surface area contributed by atoms with Crippen LogP contribution in [0.5, 0.6) is 0 Å². The van der Waals surface area contributed by atoms with E-state index in [2.05, 4.69) is 4.90 Å². The SMILES string of the molecule is O=C(CO)N1CCN(Cc2ccc(Cl)cc2F)CC1. The van der Waals surface area contributed by atoms with Crippen LogP contribution >= 0.6 is 11.6 Å². The van der Waals surface area contributed by atoms with Crippen molar-refractivity contribution in [1.82, 2.24) is 9.80 Å². The van der Waals surface area contributed by atoms with E-state index in [9.17, 15) is 9.18 Å². The molecule has 0 atom stereocenters. The predicted octanol–water partition coefficient (Wildman–Crippen LogP) is 1.12. The van der Waals surface area contributed by atoms with Crippen molar-refractivity contribution in [1.29, 1.82) is 0 Å². The van der Waals surface area contributed by atoms with Gasteiger partial charge in [-0.25, -0.2) is 4.39 Å². The second-order valence-corrected chi connectivity index (χ2v) is 4.99. The Balaban J connectivity index is 1.90. The van der Waals surface area contributed by atoms with Crippen LogP contribution in [0.2, 0.25) is 5.02 Å². The highest BCUT2D eigenvalue weighted by Gasteiger charge is 2.20. The van der Waals surface area contributed by atoms with Gasteiger partial charge in [-0.15, -0.1) is 0 Å². The van der Waals surface area contributed by atoms with Gasteiger partial charge in [-0.1, -0.05) is 17.7 Å². The minimum atomic E-state index is -0.453. The van der Waals surface area contributed by atoms with Gasteiger partial charge in [0.05, 0.1) is 0 Å². The Bertz CT molecular complexity index is 462. The lowest BCUT2D eigenvalue weighted by Gasteiger charge is -2.34. The van der Waals surface area contributed by atoms with Crippen molar-refractivity contribution in [3.05, 3.63) is 34.6 Å². The van der Waals surface area contributed by atoms with E-state index in [1.165, 1.54) is 6.07 Å².